The van der Waals surface area contributed by atoms with Gasteiger partial charge in [-0.2, -0.15) is 0 Å². The standard InChI is InChI=1S/C14H16N2O3S/c1-9-15-11(8-20-9)13(14(17)19-3)16-10-6-4-5-7-12(10)18-2/h4-8,13,16H,1-3H3. The molecule has 0 aliphatic heterocycles. The van der Waals surface area contributed by atoms with Gasteiger partial charge in [0.2, 0.25) is 0 Å². The summed E-state index contributed by atoms with van der Waals surface area (Å²) < 4.78 is 10.1. The zero-order valence-electron chi connectivity index (χ0n) is 11.5. The van der Waals surface area contributed by atoms with Gasteiger partial charge < -0.3 is 14.8 Å². The predicted octanol–water partition coefficient (Wildman–Crippen LogP) is 2.79. The second-order valence-corrected chi connectivity index (χ2v) is 5.15. The number of rotatable bonds is 5. The van der Waals surface area contributed by atoms with Crippen molar-refractivity contribution >= 4 is 23.0 Å². The van der Waals surface area contributed by atoms with E-state index in [0.717, 1.165) is 10.7 Å². The van der Waals surface area contributed by atoms with Gasteiger partial charge in [0.1, 0.15) is 5.75 Å². The molecule has 6 heteroatoms. The smallest absolute Gasteiger partial charge is 0.334 e. The van der Waals surface area contributed by atoms with E-state index in [1.54, 1.807) is 7.11 Å². The fourth-order valence-corrected chi connectivity index (χ4v) is 2.44. The number of benzene rings is 1. The van der Waals surface area contributed by atoms with Gasteiger partial charge in [-0.05, 0) is 19.1 Å². The summed E-state index contributed by atoms with van der Waals surface area (Å²) in [6.45, 7) is 1.89. The molecule has 0 aliphatic rings. The first-order valence-corrected chi connectivity index (χ1v) is 6.93. The van der Waals surface area contributed by atoms with Gasteiger partial charge in [-0.3, -0.25) is 0 Å². The van der Waals surface area contributed by atoms with E-state index in [-0.39, 0.29) is 5.97 Å². The molecule has 0 bridgehead atoms. The molecule has 0 fully saturated rings. The molecule has 0 amide bonds. The number of carbonyl (C=O) groups excluding carboxylic acids is 1. The van der Waals surface area contributed by atoms with Crippen LogP contribution in [0.2, 0.25) is 0 Å². The topological polar surface area (TPSA) is 60.5 Å². The van der Waals surface area contributed by atoms with Gasteiger partial charge in [-0.25, -0.2) is 9.78 Å². The number of hydrogen-bond donors (Lipinski definition) is 1. The molecule has 0 aliphatic carbocycles. The summed E-state index contributed by atoms with van der Waals surface area (Å²) in [6.07, 6.45) is 0. The first-order chi connectivity index (χ1) is 9.65. The average molecular weight is 292 g/mol. The van der Waals surface area contributed by atoms with Gasteiger partial charge in [0.25, 0.3) is 0 Å². The number of nitrogens with one attached hydrogen (secondary N) is 1. The van der Waals surface area contributed by atoms with Crippen LogP contribution < -0.4 is 10.1 Å². The lowest BCUT2D eigenvalue weighted by Crippen LogP contribution is -2.23. The summed E-state index contributed by atoms with van der Waals surface area (Å²) in [5, 5.41) is 5.87. The lowest BCUT2D eigenvalue weighted by molar-refractivity contribution is -0.141. The molecule has 0 saturated heterocycles. The van der Waals surface area contributed by atoms with Crippen LogP contribution in [0.25, 0.3) is 0 Å². The Hall–Kier alpha value is -2.08. The third-order valence-corrected chi connectivity index (χ3v) is 3.57. The normalized spacial score (nSPS) is 11.8. The Labute approximate surface area is 121 Å². The number of esters is 1. The number of aromatic nitrogens is 1. The van der Waals surface area contributed by atoms with E-state index in [4.69, 9.17) is 9.47 Å². The number of nitrogens with zero attached hydrogens (tertiary/aromatic N) is 1. The molecule has 1 heterocycles. The first kappa shape index (κ1) is 14.3. The maximum Gasteiger partial charge on any atom is 0.334 e. The second-order valence-electron chi connectivity index (χ2n) is 4.09. The van der Waals surface area contributed by atoms with Crippen molar-refractivity contribution in [3.8, 4) is 5.75 Å². The van der Waals surface area contributed by atoms with Crippen LogP contribution in [0.1, 0.15) is 16.7 Å². The van der Waals surface area contributed by atoms with Crippen LogP contribution in [0.4, 0.5) is 5.69 Å². The van der Waals surface area contributed by atoms with Gasteiger partial charge in [-0.15, -0.1) is 11.3 Å². The highest BCUT2D eigenvalue weighted by atomic mass is 32.1. The van der Waals surface area contributed by atoms with Gasteiger partial charge in [-0.1, -0.05) is 12.1 Å². The maximum atomic E-state index is 12.0. The van der Waals surface area contributed by atoms with Crippen molar-refractivity contribution in [3.63, 3.8) is 0 Å². The monoisotopic (exact) mass is 292 g/mol. The highest BCUT2D eigenvalue weighted by Gasteiger charge is 2.24. The van der Waals surface area contributed by atoms with Crippen LogP contribution >= 0.6 is 11.3 Å². The predicted molar refractivity (Wildman–Crippen MR) is 78.2 cm³/mol. The number of thiazole rings is 1. The van der Waals surface area contributed by atoms with Gasteiger partial charge in [0, 0.05) is 5.38 Å². The van der Waals surface area contributed by atoms with Crippen molar-refractivity contribution in [1.82, 2.24) is 4.98 Å². The van der Waals surface area contributed by atoms with Crippen LogP contribution in [0.15, 0.2) is 29.6 Å². The summed E-state index contributed by atoms with van der Waals surface area (Å²) in [5.74, 6) is 0.273. The van der Waals surface area contributed by atoms with Crippen LogP contribution in [0, 0.1) is 6.92 Å². The molecule has 20 heavy (non-hydrogen) atoms. The minimum Gasteiger partial charge on any atom is -0.495 e. The Morgan fingerprint density at radius 2 is 2.10 bits per heavy atom. The highest BCUT2D eigenvalue weighted by molar-refractivity contribution is 7.09. The van der Waals surface area contributed by atoms with E-state index in [0.29, 0.717) is 11.4 Å². The number of aryl methyl sites for hydroxylation is 1. The minimum atomic E-state index is -0.652. The summed E-state index contributed by atoms with van der Waals surface area (Å²) in [6, 6.07) is 6.74. The van der Waals surface area contributed by atoms with E-state index in [2.05, 4.69) is 10.3 Å². The quantitative estimate of drug-likeness (QED) is 0.859. The molecule has 1 aromatic carbocycles. The first-order valence-electron chi connectivity index (χ1n) is 6.05. The van der Waals surface area contributed by atoms with E-state index in [9.17, 15) is 4.79 Å². The molecule has 1 N–H and O–H groups in total. The lowest BCUT2D eigenvalue weighted by Gasteiger charge is -2.17. The highest BCUT2D eigenvalue weighted by Crippen LogP contribution is 2.28. The molecular formula is C14H16N2O3S. The molecule has 2 aromatic rings. The second kappa shape index (κ2) is 6.38. The molecule has 1 unspecified atom stereocenters. The van der Waals surface area contributed by atoms with Crippen molar-refractivity contribution in [1.29, 1.82) is 0 Å². The zero-order valence-corrected chi connectivity index (χ0v) is 12.4. The van der Waals surface area contributed by atoms with Crippen molar-refractivity contribution < 1.29 is 14.3 Å². The van der Waals surface area contributed by atoms with E-state index < -0.39 is 6.04 Å². The van der Waals surface area contributed by atoms with Gasteiger partial charge >= 0.3 is 5.97 Å². The molecule has 2 rings (SSSR count). The summed E-state index contributed by atoms with van der Waals surface area (Å²) in [4.78, 5) is 16.3. The molecule has 0 radical (unpaired) electrons. The van der Waals surface area contributed by atoms with E-state index in [1.165, 1.54) is 18.4 Å². The third kappa shape index (κ3) is 3.08. The molecule has 0 spiro atoms. The van der Waals surface area contributed by atoms with Crippen LogP contribution in [-0.2, 0) is 9.53 Å². The Morgan fingerprint density at radius 1 is 1.35 bits per heavy atom. The number of ether oxygens (including phenoxy) is 2. The van der Waals surface area contributed by atoms with Crippen LogP contribution in [-0.4, -0.2) is 25.2 Å². The molecule has 1 aromatic heterocycles. The molecule has 106 valence electrons. The number of methoxy groups -OCH3 is 2. The van der Waals surface area contributed by atoms with Crippen LogP contribution in [0.5, 0.6) is 5.75 Å². The summed E-state index contributed by atoms with van der Waals surface area (Å²) in [5.41, 5.74) is 1.36. The van der Waals surface area contributed by atoms with Gasteiger partial charge in [0.05, 0.1) is 30.6 Å². The Bertz CT molecular complexity index is 598. The number of carbonyl (C=O) groups is 1. The van der Waals surface area contributed by atoms with E-state index >= 15 is 0 Å². The van der Waals surface area contributed by atoms with E-state index in [1.807, 2.05) is 36.6 Å². The number of anilines is 1. The Balaban J connectivity index is 2.31. The fourth-order valence-electron chi connectivity index (χ4n) is 1.80. The fraction of sp³-hybridized carbons (Fsp3) is 0.286. The molecule has 1 atom stereocenters. The Kier molecular flexibility index (Phi) is 4.57. The van der Waals surface area contributed by atoms with Crippen LogP contribution in [0.3, 0.4) is 0 Å². The summed E-state index contributed by atoms with van der Waals surface area (Å²) in [7, 11) is 2.94. The maximum absolute atomic E-state index is 12.0. The average Bonchev–Trinajstić information content (AvgIpc) is 2.90. The third-order valence-electron chi connectivity index (χ3n) is 2.78. The zero-order chi connectivity index (χ0) is 14.5. The Morgan fingerprint density at radius 3 is 2.70 bits per heavy atom. The molecule has 5 nitrogen and oxygen atoms in total. The van der Waals surface area contributed by atoms with Crippen molar-refractivity contribution in [2.75, 3.05) is 19.5 Å². The molecule has 0 saturated carbocycles. The largest absolute Gasteiger partial charge is 0.495 e. The van der Waals surface area contributed by atoms with Crippen molar-refractivity contribution in [3.05, 3.63) is 40.3 Å². The van der Waals surface area contributed by atoms with Crippen molar-refractivity contribution in [2.45, 2.75) is 13.0 Å². The van der Waals surface area contributed by atoms with Crippen molar-refractivity contribution in [2.24, 2.45) is 0 Å². The van der Waals surface area contributed by atoms with Gasteiger partial charge in [0.15, 0.2) is 6.04 Å². The SMILES string of the molecule is COC(=O)C(Nc1ccccc1OC)c1csc(C)n1. The minimum absolute atomic E-state index is 0.388. The molecular weight excluding hydrogens is 276 g/mol. The lowest BCUT2D eigenvalue weighted by atomic mass is 10.2. The number of para-hydroxylation sites is 2. The number of hydrogen-bond acceptors (Lipinski definition) is 6. The summed E-state index contributed by atoms with van der Waals surface area (Å²) >= 11 is 1.49.